The van der Waals surface area contributed by atoms with E-state index in [9.17, 15) is 18.0 Å². The monoisotopic (exact) mass is 271 g/mol. The summed E-state index contributed by atoms with van der Waals surface area (Å²) in [4.78, 5) is 12.4. The average molecular weight is 271 g/mol. The molecule has 0 radical (unpaired) electrons. The summed E-state index contributed by atoms with van der Waals surface area (Å²) >= 11 is 0. The number of benzene rings is 1. The van der Waals surface area contributed by atoms with Crippen LogP contribution in [0.2, 0.25) is 0 Å². The Bertz CT molecular complexity index is 459. The van der Waals surface area contributed by atoms with Crippen molar-refractivity contribution in [3.63, 3.8) is 0 Å². The molecule has 1 unspecified atom stereocenters. The van der Waals surface area contributed by atoms with Crippen LogP contribution in [0.4, 0.5) is 13.2 Å². The second-order valence-corrected chi connectivity index (χ2v) is 4.96. The van der Waals surface area contributed by atoms with Gasteiger partial charge in [-0.15, -0.1) is 0 Å². The van der Waals surface area contributed by atoms with E-state index in [0.29, 0.717) is 18.5 Å². The third-order valence-corrected chi connectivity index (χ3v) is 3.88. The van der Waals surface area contributed by atoms with Crippen LogP contribution in [-0.2, 0) is 6.18 Å². The van der Waals surface area contributed by atoms with E-state index >= 15 is 0 Å². The molecule has 1 aliphatic rings. The summed E-state index contributed by atoms with van der Waals surface area (Å²) in [5.41, 5.74) is -0.822. The van der Waals surface area contributed by atoms with Crippen molar-refractivity contribution in [2.24, 2.45) is 5.41 Å². The summed E-state index contributed by atoms with van der Waals surface area (Å²) in [7, 11) is 0. The minimum Gasteiger partial charge on any atom is -0.316 e. The Balaban J connectivity index is 2.25. The predicted molar refractivity (Wildman–Crippen MR) is 66.0 cm³/mol. The smallest absolute Gasteiger partial charge is 0.316 e. The van der Waals surface area contributed by atoms with Crippen molar-refractivity contribution >= 4 is 5.78 Å². The Morgan fingerprint density at radius 1 is 1.32 bits per heavy atom. The molecular formula is C14H16F3NO. The molecule has 1 fully saturated rings. The molecule has 5 heteroatoms. The molecule has 0 bridgehead atoms. The normalized spacial score (nSPS) is 23.6. The maximum absolute atomic E-state index is 12.5. The number of ketones is 1. The minimum atomic E-state index is -4.36. The zero-order valence-corrected chi connectivity index (χ0v) is 10.7. The molecule has 0 saturated carbocycles. The van der Waals surface area contributed by atoms with Gasteiger partial charge >= 0.3 is 6.18 Å². The zero-order chi connectivity index (χ0) is 14.1. The van der Waals surface area contributed by atoms with E-state index in [-0.39, 0.29) is 5.78 Å². The molecule has 0 amide bonds. The van der Waals surface area contributed by atoms with Crippen LogP contribution in [0.5, 0.6) is 0 Å². The van der Waals surface area contributed by atoms with E-state index < -0.39 is 17.2 Å². The van der Waals surface area contributed by atoms with Crippen LogP contribution in [0.1, 0.15) is 35.7 Å². The van der Waals surface area contributed by atoms with Gasteiger partial charge in [-0.25, -0.2) is 0 Å². The first-order valence-corrected chi connectivity index (χ1v) is 6.32. The topological polar surface area (TPSA) is 29.1 Å². The third kappa shape index (κ3) is 2.66. The molecule has 19 heavy (non-hydrogen) atoms. The maximum Gasteiger partial charge on any atom is 0.416 e. The number of hydrogen-bond donors (Lipinski definition) is 1. The van der Waals surface area contributed by atoms with Crippen molar-refractivity contribution in [3.8, 4) is 0 Å². The van der Waals surface area contributed by atoms with Gasteiger partial charge in [0.25, 0.3) is 0 Å². The van der Waals surface area contributed by atoms with Gasteiger partial charge in [0.1, 0.15) is 0 Å². The fraction of sp³-hybridized carbons (Fsp3) is 0.500. The Labute approximate surface area is 110 Å². The number of nitrogens with one attached hydrogen (secondary N) is 1. The predicted octanol–water partition coefficient (Wildman–Crippen LogP) is 3.28. The van der Waals surface area contributed by atoms with Crippen LogP contribution >= 0.6 is 0 Å². The lowest BCUT2D eigenvalue weighted by Crippen LogP contribution is -2.33. The van der Waals surface area contributed by atoms with Gasteiger partial charge in [0.15, 0.2) is 5.78 Å². The van der Waals surface area contributed by atoms with Crippen LogP contribution in [0, 0.1) is 5.41 Å². The lowest BCUT2D eigenvalue weighted by molar-refractivity contribution is -0.137. The molecule has 1 aromatic rings. The van der Waals surface area contributed by atoms with Gasteiger partial charge < -0.3 is 5.32 Å². The van der Waals surface area contributed by atoms with E-state index in [0.717, 1.165) is 25.1 Å². The number of Topliss-reactive ketones (excluding diaryl/α,β-unsaturated/α-hetero) is 1. The first kappa shape index (κ1) is 14.1. The van der Waals surface area contributed by atoms with E-state index in [2.05, 4.69) is 5.32 Å². The van der Waals surface area contributed by atoms with Crippen LogP contribution in [0.25, 0.3) is 0 Å². The highest BCUT2D eigenvalue weighted by Gasteiger charge is 2.40. The van der Waals surface area contributed by atoms with Crippen LogP contribution in [0.3, 0.4) is 0 Å². The Morgan fingerprint density at radius 2 is 1.95 bits per heavy atom. The van der Waals surface area contributed by atoms with E-state index in [1.54, 1.807) is 0 Å². The highest BCUT2D eigenvalue weighted by Crippen LogP contribution is 2.34. The summed E-state index contributed by atoms with van der Waals surface area (Å²) in [6.07, 6.45) is -2.93. The lowest BCUT2D eigenvalue weighted by atomic mass is 9.77. The van der Waals surface area contributed by atoms with Gasteiger partial charge in [-0.2, -0.15) is 13.2 Å². The molecule has 1 N–H and O–H groups in total. The number of hydrogen-bond acceptors (Lipinski definition) is 2. The number of carbonyl (C=O) groups is 1. The lowest BCUT2D eigenvalue weighted by Gasteiger charge is -2.25. The zero-order valence-electron chi connectivity index (χ0n) is 10.7. The van der Waals surface area contributed by atoms with Crippen LogP contribution in [-0.4, -0.2) is 18.9 Å². The van der Waals surface area contributed by atoms with E-state index in [1.165, 1.54) is 12.1 Å². The van der Waals surface area contributed by atoms with Crippen molar-refractivity contribution in [1.82, 2.24) is 5.32 Å². The van der Waals surface area contributed by atoms with Crippen molar-refractivity contribution in [2.75, 3.05) is 13.1 Å². The summed E-state index contributed by atoms with van der Waals surface area (Å²) < 4.78 is 37.4. The molecule has 1 aliphatic heterocycles. The molecule has 2 rings (SSSR count). The van der Waals surface area contributed by atoms with Crippen molar-refractivity contribution < 1.29 is 18.0 Å². The number of rotatable bonds is 3. The van der Waals surface area contributed by atoms with Gasteiger partial charge in [0.05, 0.1) is 5.56 Å². The van der Waals surface area contributed by atoms with Crippen LogP contribution < -0.4 is 5.32 Å². The highest BCUT2D eigenvalue weighted by atomic mass is 19.4. The minimum absolute atomic E-state index is 0.0614. The molecule has 2 nitrogen and oxygen atoms in total. The van der Waals surface area contributed by atoms with Crippen LogP contribution in [0.15, 0.2) is 24.3 Å². The molecule has 0 spiro atoms. The number of alkyl halides is 3. The summed E-state index contributed by atoms with van der Waals surface area (Å²) in [6, 6.07) is 4.50. The summed E-state index contributed by atoms with van der Waals surface area (Å²) in [5.74, 6) is -0.0614. The Hall–Kier alpha value is -1.36. The Kier molecular flexibility index (Phi) is 3.67. The highest BCUT2D eigenvalue weighted by molar-refractivity contribution is 6.01. The SMILES string of the molecule is CCC1(C(=O)c2ccc(C(F)(F)F)cc2)CCNC1. The van der Waals surface area contributed by atoms with Gasteiger partial charge in [0, 0.05) is 17.5 Å². The molecule has 0 aromatic heterocycles. The molecule has 1 aromatic carbocycles. The fourth-order valence-electron chi connectivity index (χ4n) is 2.52. The standard InChI is InChI=1S/C14H16F3NO/c1-2-13(7-8-18-9-13)12(19)10-3-5-11(6-4-10)14(15,16)17/h3-6,18H,2,7-9H2,1H3. The van der Waals surface area contributed by atoms with Gasteiger partial charge in [-0.3, -0.25) is 4.79 Å². The maximum atomic E-state index is 12.5. The Morgan fingerprint density at radius 3 is 2.37 bits per heavy atom. The fourth-order valence-corrected chi connectivity index (χ4v) is 2.52. The molecule has 1 saturated heterocycles. The van der Waals surface area contributed by atoms with Gasteiger partial charge in [-0.05, 0) is 31.5 Å². The average Bonchev–Trinajstić information content (AvgIpc) is 2.87. The van der Waals surface area contributed by atoms with Crippen molar-refractivity contribution in [3.05, 3.63) is 35.4 Å². The van der Waals surface area contributed by atoms with Gasteiger partial charge in [0.2, 0.25) is 0 Å². The van der Waals surface area contributed by atoms with Gasteiger partial charge in [-0.1, -0.05) is 19.1 Å². The van der Waals surface area contributed by atoms with Crippen molar-refractivity contribution in [2.45, 2.75) is 25.9 Å². The van der Waals surface area contributed by atoms with E-state index in [4.69, 9.17) is 0 Å². The molecule has 1 heterocycles. The first-order valence-electron chi connectivity index (χ1n) is 6.32. The third-order valence-electron chi connectivity index (χ3n) is 3.88. The molecule has 0 aliphatic carbocycles. The molecule has 104 valence electrons. The second kappa shape index (κ2) is 4.96. The number of halogens is 3. The quantitative estimate of drug-likeness (QED) is 0.855. The first-order chi connectivity index (χ1) is 8.89. The summed E-state index contributed by atoms with van der Waals surface area (Å²) in [5, 5.41) is 3.15. The summed E-state index contributed by atoms with van der Waals surface area (Å²) in [6.45, 7) is 3.32. The molecule has 1 atom stereocenters. The molecular weight excluding hydrogens is 255 g/mol. The van der Waals surface area contributed by atoms with Crippen molar-refractivity contribution in [1.29, 1.82) is 0 Å². The van der Waals surface area contributed by atoms with E-state index in [1.807, 2.05) is 6.92 Å². The second-order valence-electron chi connectivity index (χ2n) is 4.96. The number of carbonyl (C=O) groups excluding carboxylic acids is 1. The largest absolute Gasteiger partial charge is 0.416 e.